The van der Waals surface area contributed by atoms with Crippen LogP contribution in [0.15, 0.2) is 40.4 Å². The summed E-state index contributed by atoms with van der Waals surface area (Å²) in [5, 5.41) is 0.948. The van der Waals surface area contributed by atoms with Crippen molar-refractivity contribution in [2.75, 3.05) is 29.5 Å². The van der Waals surface area contributed by atoms with E-state index in [0.717, 1.165) is 59.9 Å². The normalized spacial score (nSPS) is 17.8. The minimum absolute atomic E-state index is 0.0325. The van der Waals surface area contributed by atoms with Gasteiger partial charge in [-0.1, -0.05) is 35.3 Å². The molecule has 1 amide bonds. The molecule has 1 spiro atoms. The van der Waals surface area contributed by atoms with E-state index in [9.17, 15) is 4.79 Å². The third-order valence-electron chi connectivity index (χ3n) is 7.20. The summed E-state index contributed by atoms with van der Waals surface area (Å²) in [7, 11) is 0. The molecule has 0 radical (unpaired) electrons. The molecule has 190 valence electrons. The summed E-state index contributed by atoms with van der Waals surface area (Å²) < 4.78 is 0. The molecule has 2 aromatic heterocycles. The number of nitrogen functional groups attached to an aromatic ring is 2. The zero-order chi connectivity index (χ0) is 26.3. The second kappa shape index (κ2) is 9.74. The number of benzene rings is 1. The zero-order valence-corrected chi connectivity index (χ0v) is 21.9. The van der Waals surface area contributed by atoms with Gasteiger partial charge in [0.2, 0.25) is 0 Å². The third-order valence-corrected chi connectivity index (χ3v) is 8.76. The van der Waals surface area contributed by atoms with Crippen LogP contribution in [-0.2, 0) is 11.2 Å². The number of rotatable bonds is 3. The van der Waals surface area contributed by atoms with Crippen molar-refractivity contribution in [2.45, 2.75) is 42.1 Å². The minimum Gasteiger partial charge on any atom is -0.382 e. The predicted octanol–water partition coefficient (Wildman–Crippen LogP) is 2.83. The summed E-state index contributed by atoms with van der Waals surface area (Å²) in [5.74, 6) is 5.95. The Kier molecular flexibility index (Phi) is 6.62. The molecule has 9 nitrogen and oxygen atoms in total. The highest BCUT2D eigenvalue weighted by molar-refractivity contribution is 7.99. The molecule has 1 aromatic carbocycles. The number of anilines is 3. The van der Waals surface area contributed by atoms with Crippen LogP contribution in [0.1, 0.15) is 41.3 Å². The average Bonchev–Trinajstić information content (AvgIpc) is 3.14. The van der Waals surface area contributed by atoms with Gasteiger partial charge in [0.15, 0.2) is 11.6 Å². The lowest BCUT2D eigenvalue weighted by molar-refractivity contribution is -0.112. The van der Waals surface area contributed by atoms with E-state index in [1.807, 2.05) is 19.1 Å². The van der Waals surface area contributed by atoms with Crippen molar-refractivity contribution < 1.29 is 4.79 Å². The molecule has 5 rings (SSSR count). The van der Waals surface area contributed by atoms with E-state index in [1.165, 1.54) is 17.3 Å². The smallest absolute Gasteiger partial charge is 0.293 e. The molecular weight excluding hydrogens is 508 g/mol. The van der Waals surface area contributed by atoms with Gasteiger partial charge in [-0.25, -0.2) is 15.0 Å². The van der Waals surface area contributed by atoms with Gasteiger partial charge in [0.05, 0.1) is 10.7 Å². The lowest BCUT2D eigenvalue weighted by Crippen LogP contribution is -2.45. The van der Waals surface area contributed by atoms with Crippen LogP contribution >= 0.6 is 23.4 Å². The molecule has 3 heterocycles. The number of hydrogen-bond donors (Lipinski definition) is 4. The maximum Gasteiger partial charge on any atom is 0.293 e. The van der Waals surface area contributed by atoms with Gasteiger partial charge in [-0.15, -0.1) is 0 Å². The first kappa shape index (κ1) is 25.1. The Morgan fingerprint density at radius 2 is 1.95 bits per heavy atom. The lowest BCUT2D eigenvalue weighted by atomic mass is 9.73. The van der Waals surface area contributed by atoms with Crippen LogP contribution < -0.4 is 27.8 Å². The quantitative estimate of drug-likeness (QED) is 0.370. The molecule has 3 aromatic rings. The average molecular weight is 535 g/mol. The van der Waals surface area contributed by atoms with Crippen LogP contribution in [0.5, 0.6) is 0 Å². The number of nitrogens with zero attached hydrogens (tertiary/aromatic N) is 4. The van der Waals surface area contributed by atoms with Crippen molar-refractivity contribution in [3.63, 3.8) is 0 Å². The maximum atomic E-state index is 11.0. The van der Waals surface area contributed by atoms with Crippen molar-refractivity contribution in [1.82, 2.24) is 15.0 Å². The molecule has 1 aliphatic heterocycles. The summed E-state index contributed by atoms with van der Waals surface area (Å²) in [6, 6.07) is 7.65. The highest BCUT2D eigenvalue weighted by Crippen LogP contribution is 2.51. The zero-order valence-electron chi connectivity index (χ0n) is 20.3. The largest absolute Gasteiger partial charge is 0.382 e. The van der Waals surface area contributed by atoms with E-state index in [-0.39, 0.29) is 17.3 Å². The molecule has 1 saturated heterocycles. The first-order valence-corrected chi connectivity index (χ1v) is 13.0. The summed E-state index contributed by atoms with van der Waals surface area (Å²) >= 11 is 7.61. The van der Waals surface area contributed by atoms with Crippen molar-refractivity contribution in [3.8, 4) is 11.8 Å². The number of aromatic nitrogens is 3. The number of aryl methyl sites for hydroxylation is 1. The molecule has 0 unspecified atom stereocenters. The molecule has 37 heavy (non-hydrogen) atoms. The van der Waals surface area contributed by atoms with Crippen LogP contribution in [0.3, 0.4) is 0 Å². The molecule has 1 aliphatic carbocycles. The Bertz CT molecular complexity index is 1460. The molecule has 0 bridgehead atoms. The number of amides is 1. The van der Waals surface area contributed by atoms with Crippen molar-refractivity contribution in [1.29, 1.82) is 0 Å². The number of nitrogens with two attached hydrogens (primary N) is 4. The van der Waals surface area contributed by atoms with Gasteiger partial charge in [-0.2, -0.15) is 0 Å². The molecule has 11 heteroatoms. The summed E-state index contributed by atoms with van der Waals surface area (Å²) in [4.78, 5) is 27.4. The molecule has 2 aliphatic rings. The predicted molar refractivity (Wildman–Crippen MR) is 146 cm³/mol. The number of carbonyl (C=O) groups excluding carboxylic acids is 1. The van der Waals surface area contributed by atoms with Crippen LogP contribution in [0.4, 0.5) is 17.5 Å². The standard InChI is InChI=1S/C26H27ClN8OS/c1-14-24(34-23(31)25(33-14)37-18-6-9-32-22(30)20(18)27)35-10-7-26(8-11-35)13-16-4-2-15(3-5-19(28)36)12-17(16)21(26)29/h2,4,6,9,12,21H,7-8,10-11,13,29H2,1H3,(H2,28,36)(H2,30,32)(H2,31,34)/t21-/m1/s1. The van der Waals surface area contributed by atoms with Crippen LogP contribution in [-0.4, -0.2) is 33.9 Å². The van der Waals surface area contributed by atoms with Gasteiger partial charge in [-0.3, -0.25) is 4.79 Å². The maximum absolute atomic E-state index is 11.0. The topological polar surface area (TPSA) is 163 Å². The SMILES string of the molecule is Cc1nc(Sc2ccnc(N)c2Cl)c(N)nc1N1CCC2(CC1)Cc1ccc(C#CC(N)=O)cc1[C@H]2N. The number of primary amides is 1. The van der Waals surface area contributed by atoms with Gasteiger partial charge in [0.1, 0.15) is 10.8 Å². The van der Waals surface area contributed by atoms with Gasteiger partial charge >= 0.3 is 0 Å². The van der Waals surface area contributed by atoms with Crippen LogP contribution in [0.2, 0.25) is 5.02 Å². The van der Waals surface area contributed by atoms with E-state index in [4.69, 9.17) is 44.5 Å². The Labute approximate surface area is 224 Å². The lowest BCUT2D eigenvalue weighted by Gasteiger charge is -2.42. The van der Waals surface area contributed by atoms with E-state index in [0.29, 0.717) is 15.9 Å². The second-order valence-corrected chi connectivity index (χ2v) is 10.9. The fourth-order valence-corrected chi connectivity index (χ4v) is 6.32. The highest BCUT2D eigenvalue weighted by atomic mass is 35.5. The molecule has 0 saturated carbocycles. The monoisotopic (exact) mass is 534 g/mol. The highest BCUT2D eigenvalue weighted by Gasteiger charge is 2.46. The van der Waals surface area contributed by atoms with Crippen molar-refractivity contribution in [2.24, 2.45) is 16.9 Å². The van der Waals surface area contributed by atoms with Gasteiger partial charge in [0, 0.05) is 35.8 Å². The first-order chi connectivity index (χ1) is 17.7. The third kappa shape index (κ3) is 4.78. The number of pyridine rings is 1. The fourth-order valence-electron chi connectivity index (χ4n) is 5.23. The molecule has 1 atom stereocenters. The van der Waals surface area contributed by atoms with E-state index < -0.39 is 5.91 Å². The van der Waals surface area contributed by atoms with Crippen molar-refractivity contribution >= 4 is 46.7 Å². The number of fused-ring (bicyclic) bond motifs is 1. The van der Waals surface area contributed by atoms with Crippen LogP contribution in [0.25, 0.3) is 0 Å². The number of carbonyl (C=O) groups is 1. The van der Waals surface area contributed by atoms with Gasteiger partial charge in [0.25, 0.3) is 5.91 Å². The summed E-state index contributed by atoms with van der Waals surface area (Å²) in [6.45, 7) is 3.53. The number of piperidine rings is 1. The van der Waals surface area contributed by atoms with Gasteiger partial charge < -0.3 is 27.8 Å². The number of halogens is 1. The fraction of sp³-hybridized carbons (Fsp3) is 0.308. The van der Waals surface area contributed by atoms with Crippen molar-refractivity contribution in [3.05, 3.63) is 57.9 Å². The Morgan fingerprint density at radius 1 is 1.19 bits per heavy atom. The summed E-state index contributed by atoms with van der Waals surface area (Å²) in [6.07, 6.45) is 4.33. The molecule has 8 N–H and O–H groups in total. The first-order valence-electron chi connectivity index (χ1n) is 11.8. The van der Waals surface area contributed by atoms with Crippen LogP contribution in [0, 0.1) is 24.2 Å². The van der Waals surface area contributed by atoms with Gasteiger partial charge in [-0.05, 0) is 66.8 Å². The Morgan fingerprint density at radius 3 is 2.68 bits per heavy atom. The number of hydrogen-bond acceptors (Lipinski definition) is 9. The van der Waals surface area contributed by atoms with E-state index in [2.05, 4.69) is 27.8 Å². The molecule has 1 fully saturated rings. The van der Waals surface area contributed by atoms with E-state index in [1.54, 1.807) is 12.3 Å². The Hall–Kier alpha value is -3.52. The minimum atomic E-state index is -0.648. The van der Waals surface area contributed by atoms with E-state index >= 15 is 0 Å². The Balaban J connectivity index is 1.31. The second-order valence-electron chi connectivity index (χ2n) is 9.47. The molecular formula is C26H27ClN8OS. The summed E-state index contributed by atoms with van der Waals surface area (Å²) in [5.41, 5.74) is 27.9.